The molecule has 96 valence electrons. The summed E-state index contributed by atoms with van der Waals surface area (Å²) in [7, 11) is 0. The summed E-state index contributed by atoms with van der Waals surface area (Å²) < 4.78 is 1.90. The van der Waals surface area contributed by atoms with Crippen LogP contribution in [0, 0.1) is 6.92 Å². The highest BCUT2D eigenvalue weighted by Crippen LogP contribution is 2.24. The molecule has 2 heterocycles. The Hall–Kier alpha value is -2.68. The molecule has 0 aliphatic heterocycles. The maximum absolute atomic E-state index is 4.52. The average Bonchev–Trinajstić information content (AvgIpc) is 2.86. The Kier molecular flexibility index (Phi) is 2.33. The third-order valence-electron chi connectivity index (χ3n) is 3.53. The molecule has 2 aromatic carbocycles. The fraction of sp³-hybridized carbons (Fsp3) is 0.0588. The summed E-state index contributed by atoms with van der Waals surface area (Å²) in [4.78, 5) is 4.35. The van der Waals surface area contributed by atoms with Gasteiger partial charge in [-0.1, -0.05) is 36.4 Å². The molecular formula is C17H13N3. The van der Waals surface area contributed by atoms with Gasteiger partial charge in [0.15, 0.2) is 5.65 Å². The monoisotopic (exact) mass is 259 g/mol. The van der Waals surface area contributed by atoms with Gasteiger partial charge in [0.05, 0.1) is 11.4 Å². The lowest BCUT2D eigenvalue weighted by Gasteiger charge is -2.06. The van der Waals surface area contributed by atoms with E-state index in [0.29, 0.717) is 0 Å². The van der Waals surface area contributed by atoms with Gasteiger partial charge in [0.25, 0.3) is 0 Å². The van der Waals surface area contributed by atoms with Crippen LogP contribution in [0.2, 0.25) is 0 Å². The van der Waals surface area contributed by atoms with Crippen molar-refractivity contribution in [2.75, 3.05) is 0 Å². The third kappa shape index (κ3) is 1.67. The number of aryl methyl sites for hydroxylation is 1. The van der Waals surface area contributed by atoms with Gasteiger partial charge in [0.1, 0.15) is 0 Å². The molecule has 0 spiro atoms. The normalized spacial score (nSPS) is 11.2. The number of hydrogen-bond acceptors (Lipinski definition) is 2. The Bertz CT molecular complexity index is 922. The van der Waals surface area contributed by atoms with Crippen molar-refractivity contribution in [2.45, 2.75) is 6.92 Å². The molecule has 4 rings (SSSR count). The minimum absolute atomic E-state index is 0.883. The Balaban J connectivity index is 2.00. The Morgan fingerprint density at radius 3 is 2.65 bits per heavy atom. The van der Waals surface area contributed by atoms with Gasteiger partial charge in [-0.2, -0.15) is 5.10 Å². The van der Waals surface area contributed by atoms with Gasteiger partial charge in [-0.15, -0.1) is 0 Å². The maximum atomic E-state index is 4.52. The molecule has 0 aliphatic carbocycles. The lowest BCUT2D eigenvalue weighted by molar-refractivity contribution is 0.925. The standard InChI is InChI=1S/C17H13N3/c1-12-10-17-18-9-8-16(20(17)19-12)15-7-6-13-4-2-3-5-14(13)11-15/h2-11H,1H3. The second kappa shape index (κ2) is 4.17. The van der Waals surface area contributed by atoms with Crippen LogP contribution in [0.25, 0.3) is 27.7 Å². The number of nitrogens with zero attached hydrogens (tertiary/aromatic N) is 3. The van der Waals surface area contributed by atoms with Crippen molar-refractivity contribution >= 4 is 16.4 Å². The largest absolute Gasteiger partial charge is 0.237 e. The summed E-state index contributed by atoms with van der Waals surface area (Å²) in [5.74, 6) is 0. The van der Waals surface area contributed by atoms with Crippen LogP contribution < -0.4 is 0 Å². The molecule has 0 radical (unpaired) electrons. The molecule has 3 nitrogen and oxygen atoms in total. The first-order valence-electron chi connectivity index (χ1n) is 6.62. The van der Waals surface area contributed by atoms with Crippen molar-refractivity contribution < 1.29 is 0 Å². The topological polar surface area (TPSA) is 30.2 Å². The lowest BCUT2D eigenvalue weighted by atomic mass is 10.1. The highest BCUT2D eigenvalue weighted by molar-refractivity contribution is 5.86. The third-order valence-corrected chi connectivity index (χ3v) is 3.53. The Morgan fingerprint density at radius 1 is 0.900 bits per heavy atom. The fourth-order valence-corrected chi connectivity index (χ4v) is 2.58. The lowest BCUT2D eigenvalue weighted by Crippen LogP contribution is -1.95. The summed E-state index contributed by atoms with van der Waals surface area (Å²) in [6, 6.07) is 18.8. The van der Waals surface area contributed by atoms with Crippen molar-refractivity contribution in [1.29, 1.82) is 0 Å². The van der Waals surface area contributed by atoms with E-state index in [9.17, 15) is 0 Å². The van der Waals surface area contributed by atoms with E-state index in [1.165, 1.54) is 10.8 Å². The van der Waals surface area contributed by atoms with Gasteiger partial charge < -0.3 is 0 Å². The molecule has 0 unspecified atom stereocenters. The molecule has 20 heavy (non-hydrogen) atoms. The first kappa shape index (κ1) is 11.2. The van der Waals surface area contributed by atoms with E-state index in [4.69, 9.17) is 0 Å². The number of benzene rings is 2. The molecule has 0 atom stereocenters. The highest BCUT2D eigenvalue weighted by atomic mass is 15.3. The number of aromatic nitrogens is 3. The predicted molar refractivity (Wildman–Crippen MR) is 80.7 cm³/mol. The van der Waals surface area contributed by atoms with E-state index < -0.39 is 0 Å². The Labute approximate surface area is 116 Å². The van der Waals surface area contributed by atoms with E-state index in [0.717, 1.165) is 22.6 Å². The summed E-state index contributed by atoms with van der Waals surface area (Å²) in [5.41, 5.74) is 4.08. The second-order valence-corrected chi connectivity index (χ2v) is 4.95. The molecule has 0 saturated carbocycles. The van der Waals surface area contributed by atoms with Gasteiger partial charge >= 0.3 is 0 Å². The zero-order valence-corrected chi connectivity index (χ0v) is 11.1. The smallest absolute Gasteiger partial charge is 0.155 e. The minimum Gasteiger partial charge on any atom is -0.237 e. The quantitative estimate of drug-likeness (QED) is 0.519. The first-order valence-corrected chi connectivity index (χ1v) is 6.62. The number of rotatable bonds is 1. The molecule has 3 heteroatoms. The number of fused-ring (bicyclic) bond motifs is 2. The molecule has 0 saturated heterocycles. The van der Waals surface area contributed by atoms with Crippen molar-refractivity contribution in [3.8, 4) is 11.3 Å². The summed E-state index contributed by atoms with van der Waals surface area (Å²) >= 11 is 0. The molecular weight excluding hydrogens is 246 g/mol. The van der Waals surface area contributed by atoms with Gasteiger partial charge in [0, 0.05) is 17.8 Å². The van der Waals surface area contributed by atoms with E-state index in [2.05, 4.69) is 52.5 Å². The van der Waals surface area contributed by atoms with Crippen LogP contribution >= 0.6 is 0 Å². The second-order valence-electron chi connectivity index (χ2n) is 4.95. The van der Waals surface area contributed by atoms with Crippen LogP contribution in [-0.2, 0) is 0 Å². The minimum atomic E-state index is 0.883. The molecule has 0 aliphatic rings. The molecule has 0 fully saturated rings. The van der Waals surface area contributed by atoms with Crippen molar-refractivity contribution in [1.82, 2.24) is 14.6 Å². The SMILES string of the molecule is Cc1cc2nccc(-c3ccc4ccccc4c3)n2n1. The summed E-state index contributed by atoms with van der Waals surface area (Å²) in [5, 5.41) is 7.01. The van der Waals surface area contributed by atoms with Crippen molar-refractivity contribution in [2.24, 2.45) is 0 Å². The first-order chi connectivity index (χ1) is 9.81. The molecule has 0 bridgehead atoms. The summed E-state index contributed by atoms with van der Waals surface area (Å²) in [6.45, 7) is 1.98. The van der Waals surface area contributed by atoms with E-state index in [1.807, 2.05) is 29.8 Å². The predicted octanol–water partition coefficient (Wildman–Crippen LogP) is 3.86. The van der Waals surface area contributed by atoms with Crippen LogP contribution in [0.3, 0.4) is 0 Å². The van der Waals surface area contributed by atoms with Crippen LogP contribution in [-0.4, -0.2) is 14.6 Å². The van der Waals surface area contributed by atoms with Crippen LogP contribution in [0.4, 0.5) is 0 Å². The van der Waals surface area contributed by atoms with E-state index >= 15 is 0 Å². The number of hydrogen-bond donors (Lipinski definition) is 0. The highest BCUT2D eigenvalue weighted by Gasteiger charge is 2.07. The fourth-order valence-electron chi connectivity index (χ4n) is 2.58. The van der Waals surface area contributed by atoms with Gasteiger partial charge in [-0.3, -0.25) is 0 Å². The maximum Gasteiger partial charge on any atom is 0.155 e. The van der Waals surface area contributed by atoms with Gasteiger partial charge in [-0.25, -0.2) is 9.50 Å². The zero-order valence-electron chi connectivity index (χ0n) is 11.1. The van der Waals surface area contributed by atoms with Crippen molar-refractivity contribution in [3.63, 3.8) is 0 Å². The van der Waals surface area contributed by atoms with Gasteiger partial charge in [0.2, 0.25) is 0 Å². The van der Waals surface area contributed by atoms with Crippen LogP contribution in [0.1, 0.15) is 5.69 Å². The van der Waals surface area contributed by atoms with E-state index in [-0.39, 0.29) is 0 Å². The molecule has 4 aromatic rings. The van der Waals surface area contributed by atoms with Gasteiger partial charge in [-0.05, 0) is 29.8 Å². The van der Waals surface area contributed by atoms with E-state index in [1.54, 1.807) is 0 Å². The zero-order chi connectivity index (χ0) is 13.5. The van der Waals surface area contributed by atoms with Crippen LogP contribution in [0.5, 0.6) is 0 Å². The average molecular weight is 259 g/mol. The molecule has 0 amide bonds. The van der Waals surface area contributed by atoms with Crippen molar-refractivity contribution in [3.05, 3.63) is 66.5 Å². The van der Waals surface area contributed by atoms with Crippen LogP contribution in [0.15, 0.2) is 60.8 Å². The molecule has 0 N–H and O–H groups in total. The molecule has 2 aromatic heterocycles. The summed E-state index contributed by atoms with van der Waals surface area (Å²) in [6.07, 6.45) is 1.83. The Morgan fingerprint density at radius 2 is 1.75 bits per heavy atom.